The molecule has 0 radical (unpaired) electrons. The number of thiazole rings is 1. The molecule has 0 amide bonds. The molecule has 4 nitrogen and oxygen atoms in total. The second-order valence-corrected chi connectivity index (χ2v) is 4.19. The molecular weight excluding hydrogens is 196 g/mol. The fourth-order valence-corrected chi connectivity index (χ4v) is 2.05. The predicted octanol–water partition coefficient (Wildman–Crippen LogP) is 1.59. The molecule has 2 rings (SSSR count). The van der Waals surface area contributed by atoms with Crippen molar-refractivity contribution in [3.63, 3.8) is 0 Å². The van der Waals surface area contributed by atoms with E-state index in [2.05, 4.69) is 10.1 Å². The molecular formula is C9H12N4S. The van der Waals surface area contributed by atoms with E-state index in [1.807, 2.05) is 25.3 Å². The summed E-state index contributed by atoms with van der Waals surface area (Å²) in [5.74, 6) is 0.690. The van der Waals surface area contributed by atoms with Crippen molar-refractivity contribution in [1.29, 1.82) is 0 Å². The third-order valence-corrected chi connectivity index (χ3v) is 2.84. The Morgan fingerprint density at radius 1 is 1.43 bits per heavy atom. The van der Waals surface area contributed by atoms with E-state index in [0.29, 0.717) is 12.4 Å². The molecule has 2 heterocycles. The summed E-state index contributed by atoms with van der Waals surface area (Å²) in [6.45, 7) is 4.58. The molecule has 2 N–H and O–H groups in total. The minimum Gasteiger partial charge on any atom is -0.384 e. The van der Waals surface area contributed by atoms with Gasteiger partial charge in [-0.25, -0.2) is 9.67 Å². The molecule has 0 fully saturated rings. The molecule has 5 heteroatoms. The highest BCUT2D eigenvalue weighted by molar-refractivity contribution is 7.09. The van der Waals surface area contributed by atoms with Crippen LogP contribution >= 0.6 is 11.3 Å². The Bertz CT molecular complexity index is 443. The van der Waals surface area contributed by atoms with Crippen LogP contribution in [-0.2, 0) is 6.54 Å². The van der Waals surface area contributed by atoms with E-state index < -0.39 is 0 Å². The molecule has 0 bridgehead atoms. The van der Waals surface area contributed by atoms with Crippen molar-refractivity contribution < 1.29 is 0 Å². The summed E-state index contributed by atoms with van der Waals surface area (Å²) in [4.78, 5) is 4.36. The molecule has 0 unspecified atom stereocenters. The van der Waals surface area contributed by atoms with Crippen molar-refractivity contribution in [2.24, 2.45) is 0 Å². The summed E-state index contributed by atoms with van der Waals surface area (Å²) < 4.78 is 1.77. The van der Waals surface area contributed by atoms with Gasteiger partial charge in [0.25, 0.3) is 0 Å². The second kappa shape index (κ2) is 3.42. The van der Waals surface area contributed by atoms with Crippen LogP contribution in [0.2, 0.25) is 0 Å². The molecule has 2 aromatic heterocycles. The van der Waals surface area contributed by atoms with Crippen LogP contribution < -0.4 is 5.73 Å². The van der Waals surface area contributed by atoms with Gasteiger partial charge in [0.1, 0.15) is 10.8 Å². The number of aromatic nitrogens is 3. The van der Waals surface area contributed by atoms with Crippen molar-refractivity contribution in [3.8, 4) is 0 Å². The largest absolute Gasteiger partial charge is 0.384 e. The molecule has 0 aromatic carbocycles. The van der Waals surface area contributed by atoms with Crippen molar-refractivity contribution in [1.82, 2.24) is 14.8 Å². The van der Waals surface area contributed by atoms with E-state index in [-0.39, 0.29) is 0 Å². The van der Waals surface area contributed by atoms with Gasteiger partial charge < -0.3 is 5.73 Å². The van der Waals surface area contributed by atoms with Gasteiger partial charge in [0.15, 0.2) is 0 Å². The van der Waals surface area contributed by atoms with Crippen LogP contribution in [0, 0.1) is 13.8 Å². The lowest BCUT2D eigenvalue weighted by molar-refractivity contribution is 0.685. The predicted molar refractivity (Wildman–Crippen MR) is 57.3 cm³/mol. The van der Waals surface area contributed by atoms with Gasteiger partial charge in [-0.05, 0) is 13.8 Å². The Hall–Kier alpha value is -1.36. The van der Waals surface area contributed by atoms with Gasteiger partial charge in [0.2, 0.25) is 0 Å². The van der Waals surface area contributed by atoms with Crippen molar-refractivity contribution >= 4 is 17.2 Å². The highest BCUT2D eigenvalue weighted by Crippen LogP contribution is 2.13. The van der Waals surface area contributed by atoms with Gasteiger partial charge in [-0.2, -0.15) is 5.10 Å². The van der Waals surface area contributed by atoms with Crippen LogP contribution in [0.1, 0.15) is 16.4 Å². The minimum atomic E-state index is 0.665. The first-order valence-corrected chi connectivity index (χ1v) is 5.24. The number of nitrogens with zero attached hydrogens (tertiary/aromatic N) is 3. The molecule has 74 valence electrons. The Morgan fingerprint density at radius 3 is 2.71 bits per heavy atom. The zero-order valence-electron chi connectivity index (χ0n) is 8.19. The molecule has 0 saturated heterocycles. The summed E-state index contributed by atoms with van der Waals surface area (Å²) in [7, 11) is 0. The minimum absolute atomic E-state index is 0.665. The summed E-state index contributed by atoms with van der Waals surface area (Å²) in [6, 6.07) is 1.86. The lowest BCUT2D eigenvalue weighted by Gasteiger charge is -1.99. The average molecular weight is 208 g/mol. The van der Waals surface area contributed by atoms with Gasteiger partial charge in [-0.3, -0.25) is 0 Å². The van der Waals surface area contributed by atoms with Gasteiger partial charge in [0.05, 0.1) is 12.2 Å². The SMILES string of the molecule is Cc1csc(Cn2nc(C)cc2N)n1. The van der Waals surface area contributed by atoms with E-state index >= 15 is 0 Å². The van der Waals surface area contributed by atoms with Gasteiger partial charge in [0, 0.05) is 17.1 Å². The van der Waals surface area contributed by atoms with E-state index in [1.54, 1.807) is 16.0 Å². The highest BCUT2D eigenvalue weighted by atomic mass is 32.1. The average Bonchev–Trinajstić information content (AvgIpc) is 2.61. The van der Waals surface area contributed by atoms with E-state index in [1.165, 1.54) is 0 Å². The Labute approximate surface area is 86.4 Å². The molecule has 0 aliphatic heterocycles. The number of hydrogen-bond acceptors (Lipinski definition) is 4. The van der Waals surface area contributed by atoms with Gasteiger partial charge >= 0.3 is 0 Å². The fourth-order valence-electron chi connectivity index (χ4n) is 1.30. The van der Waals surface area contributed by atoms with Crippen LogP contribution in [-0.4, -0.2) is 14.8 Å². The zero-order valence-corrected chi connectivity index (χ0v) is 9.01. The number of hydrogen-bond donors (Lipinski definition) is 1. The molecule has 14 heavy (non-hydrogen) atoms. The molecule has 0 atom stereocenters. The first-order valence-electron chi connectivity index (χ1n) is 4.36. The summed E-state index contributed by atoms with van der Waals surface area (Å²) in [5.41, 5.74) is 7.76. The second-order valence-electron chi connectivity index (χ2n) is 3.25. The first-order chi connectivity index (χ1) is 6.65. The van der Waals surface area contributed by atoms with Crippen molar-refractivity contribution in [3.05, 3.63) is 27.8 Å². The van der Waals surface area contributed by atoms with Gasteiger partial charge in [-0.1, -0.05) is 0 Å². The van der Waals surface area contributed by atoms with E-state index in [9.17, 15) is 0 Å². The fraction of sp³-hybridized carbons (Fsp3) is 0.333. The maximum absolute atomic E-state index is 5.77. The van der Waals surface area contributed by atoms with Crippen LogP contribution in [0.4, 0.5) is 5.82 Å². The Morgan fingerprint density at radius 2 is 2.21 bits per heavy atom. The number of aryl methyl sites for hydroxylation is 2. The number of anilines is 1. The summed E-state index contributed by atoms with van der Waals surface area (Å²) >= 11 is 1.63. The van der Waals surface area contributed by atoms with Gasteiger partial charge in [-0.15, -0.1) is 11.3 Å². The summed E-state index contributed by atoms with van der Waals surface area (Å²) in [6.07, 6.45) is 0. The Kier molecular flexibility index (Phi) is 2.25. The standard InChI is InChI=1S/C9H12N4S/c1-6-3-8(10)13(12-6)4-9-11-7(2)5-14-9/h3,5H,4,10H2,1-2H3. The molecule has 0 saturated carbocycles. The maximum atomic E-state index is 5.77. The van der Waals surface area contributed by atoms with Crippen LogP contribution in [0.25, 0.3) is 0 Å². The third-order valence-electron chi connectivity index (χ3n) is 1.88. The number of nitrogen functional groups attached to an aromatic ring is 1. The van der Waals surface area contributed by atoms with E-state index in [4.69, 9.17) is 5.73 Å². The lowest BCUT2D eigenvalue weighted by Crippen LogP contribution is -2.05. The molecule has 2 aromatic rings. The van der Waals surface area contributed by atoms with Crippen LogP contribution in [0.3, 0.4) is 0 Å². The molecule has 0 aliphatic rings. The molecule has 0 aliphatic carbocycles. The molecule has 0 spiro atoms. The van der Waals surface area contributed by atoms with Crippen molar-refractivity contribution in [2.45, 2.75) is 20.4 Å². The van der Waals surface area contributed by atoms with E-state index in [0.717, 1.165) is 16.4 Å². The Balaban J connectivity index is 2.22. The monoisotopic (exact) mass is 208 g/mol. The smallest absolute Gasteiger partial charge is 0.122 e. The number of rotatable bonds is 2. The topological polar surface area (TPSA) is 56.7 Å². The van der Waals surface area contributed by atoms with Crippen molar-refractivity contribution in [2.75, 3.05) is 5.73 Å². The highest BCUT2D eigenvalue weighted by Gasteiger charge is 2.04. The van der Waals surface area contributed by atoms with Crippen LogP contribution in [0.15, 0.2) is 11.4 Å². The zero-order chi connectivity index (χ0) is 10.1. The normalized spacial score (nSPS) is 10.7. The first kappa shape index (κ1) is 9.21. The van der Waals surface area contributed by atoms with Crippen LogP contribution in [0.5, 0.6) is 0 Å². The number of nitrogens with two attached hydrogens (primary N) is 1. The summed E-state index contributed by atoms with van der Waals surface area (Å²) in [5, 5.41) is 7.34. The third kappa shape index (κ3) is 1.77. The lowest BCUT2D eigenvalue weighted by atomic mass is 10.5. The quantitative estimate of drug-likeness (QED) is 0.815. The maximum Gasteiger partial charge on any atom is 0.122 e.